The number of thiophene rings is 1. The summed E-state index contributed by atoms with van der Waals surface area (Å²) in [7, 11) is 0. The van der Waals surface area contributed by atoms with Gasteiger partial charge in [0.2, 0.25) is 0 Å². The van der Waals surface area contributed by atoms with Gasteiger partial charge >= 0.3 is 0 Å². The van der Waals surface area contributed by atoms with Crippen LogP contribution < -0.4 is 5.32 Å². The van der Waals surface area contributed by atoms with Crippen molar-refractivity contribution in [2.45, 2.75) is 66.0 Å². The van der Waals surface area contributed by atoms with Crippen LogP contribution in [0.25, 0.3) is 0 Å². The monoisotopic (exact) mass is 343 g/mol. The van der Waals surface area contributed by atoms with Crippen molar-refractivity contribution in [2.75, 3.05) is 0 Å². The first-order chi connectivity index (χ1) is 8.67. The van der Waals surface area contributed by atoms with Gasteiger partial charge in [-0.15, -0.1) is 11.3 Å². The average molecular weight is 344 g/mol. The maximum Gasteiger partial charge on any atom is 0.0701 e. The molecule has 1 aromatic heterocycles. The molecule has 3 heteroatoms. The van der Waals surface area contributed by atoms with Crippen LogP contribution in [0.15, 0.2) is 15.9 Å². The summed E-state index contributed by atoms with van der Waals surface area (Å²) in [5, 5.41) is 3.85. The van der Waals surface area contributed by atoms with Crippen molar-refractivity contribution in [3.8, 4) is 0 Å². The molecular weight excluding hydrogens is 318 g/mol. The van der Waals surface area contributed by atoms with E-state index in [2.05, 4.69) is 68.0 Å². The molecule has 108 valence electrons. The lowest BCUT2D eigenvalue weighted by Gasteiger charge is -2.46. The van der Waals surface area contributed by atoms with E-state index in [0.29, 0.717) is 22.9 Å². The van der Waals surface area contributed by atoms with Gasteiger partial charge in [-0.05, 0) is 65.1 Å². The van der Waals surface area contributed by atoms with Gasteiger partial charge < -0.3 is 5.32 Å². The molecule has 19 heavy (non-hydrogen) atoms. The van der Waals surface area contributed by atoms with Crippen molar-refractivity contribution in [1.82, 2.24) is 5.32 Å². The Morgan fingerprint density at radius 3 is 2.26 bits per heavy atom. The second-order valence-electron chi connectivity index (χ2n) is 7.64. The predicted molar refractivity (Wildman–Crippen MR) is 88.8 cm³/mol. The number of rotatable bonds is 3. The maximum atomic E-state index is 3.85. The molecule has 1 aliphatic carbocycles. The first-order valence-corrected chi connectivity index (χ1v) is 8.79. The lowest BCUT2D eigenvalue weighted by atomic mass is 9.63. The quantitative estimate of drug-likeness (QED) is 0.734. The molecule has 0 amide bonds. The van der Waals surface area contributed by atoms with E-state index < -0.39 is 0 Å². The smallest absolute Gasteiger partial charge is 0.0701 e. The van der Waals surface area contributed by atoms with E-state index in [-0.39, 0.29) is 0 Å². The van der Waals surface area contributed by atoms with Crippen molar-refractivity contribution < 1.29 is 0 Å². The highest BCUT2D eigenvalue weighted by atomic mass is 79.9. The molecule has 0 bridgehead atoms. The van der Waals surface area contributed by atoms with E-state index in [1.54, 1.807) is 0 Å². The highest BCUT2D eigenvalue weighted by molar-refractivity contribution is 9.11. The minimum absolute atomic E-state index is 0.450. The van der Waals surface area contributed by atoms with Crippen LogP contribution in [0.2, 0.25) is 0 Å². The Kier molecular flexibility index (Phi) is 4.49. The molecule has 1 aliphatic rings. The normalized spacial score (nSPS) is 24.3. The summed E-state index contributed by atoms with van der Waals surface area (Å²) < 4.78 is 1.22. The molecule has 1 saturated carbocycles. The van der Waals surface area contributed by atoms with Crippen LogP contribution in [-0.2, 0) is 0 Å². The van der Waals surface area contributed by atoms with Crippen LogP contribution >= 0.6 is 27.3 Å². The van der Waals surface area contributed by atoms with Crippen LogP contribution in [0.4, 0.5) is 0 Å². The largest absolute Gasteiger partial charge is 0.307 e. The molecule has 0 aliphatic heterocycles. The third kappa shape index (κ3) is 4.30. The highest BCUT2D eigenvalue weighted by Gasteiger charge is 2.38. The zero-order valence-electron chi connectivity index (χ0n) is 12.7. The SMILES string of the molecule is CC(NC1CC(C)(C)CC(C)(C)C1)c1ccc(Br)s1. The second-order valence-corrected chi connectivity index (χ2v) is 10.1. The first kappa shape index (κ1) is 15.5. The molecule has 2 rings (SSSR count). The van der Waals surface area contributed by atoms with Gasteiger partial charge in [0.25, 0.3) is 0 Å². The van der Waals surface area contributed by atoms with E-state index in [9.17, 15) is 0 Å². The van der Waals surface area contributed by atoms with Gasteiger partial charge in [-0.1, -0.05) is 27.7 Å². The van der Waals surface area contributed by atoms with E-state index in [0.717, 1.165) is 0 Å². The van der Waals surface area contributed by atoms with Gasteiger partial charge in [0.15, 0.2) is 0 Å². The van der Waals surface area contributed by atoms with Crippen molar-refractivity contribution in [1.29, 1.82) is 0 Å². The molecule has 0 saturated heterocycles. The molecule has 1 heterocycles. The number of hydrogen-bond acceptors (Lipinski definition) is 2. The van der Waals surface area contributed by atoms with Crippen LogP contribution in [0.3, 0.4) is 0 Å². The zero-order chi connectivity index (χ0) is 14.3. The van der Waals surface area contributed by atoms with Crippen molar-refractivity contribution >= 4 is 27.3 Å². The Morgan fingerprint density at radius 1 is 1.21 bits per heavy atom. The molecule has 1 nitrogen and oxygen atoms in total. The maximum absolute atomic E-state index is 3.85. The van der Waals surface area contributed by atoms with Crippen LogP contribution in [0, 0.1) is 10.8 Å². The predicted octanol–water partition coefficient (Wildman–Crippen LogP) is 5.77. The lowest BCUT2D eigenvalue weighted by Crippen LogP contribution is -2.44. The summed E-state index contributed by atoms with van der Waals surface area (Å²) in [4.78, 5) is 1.42. The van der Waals surface area contributed by atoms with Crippen molar-refractivity contribution in [3.05, 3.63) is 20.8 Å². The zero-order valence-corrected chi connectivity index (χ0v) is 15.1. The Morgan fingerprint density at radius 2 is 1.79 bits per heavy atom. The summed E-state index contributed by atoms with van der Waals surface area (Å²) in [6.07, 6.45) is 3.90. The Hall–Kier alpha value is 0.140. The van der Waals surface area contributed by atoms with E-state index in [4.69, 9.17) is 0 Å². The fourth-order valence-corrected chi connectivity index (χ4v) is 5.40. The molecule has 1 fully saturated rings. The van der Waals surface area contributed by atoms with Crippen LogP contribution in [-0.4, -0.2) is 6.04 Å². The molecule has 0 aromatic carbocycles. The summed E-state index contributed by atoms with van der Waals surface area (Å²) in [6.45, 7) is 11.9. The fraction of sp³-hybridized carbons (Fsp3) is 0.750. The van der Waals surface area contributed by atoms with E-state index in [1.165, 1.54) is 27.9 Å². The average Bonchev–Trinajstić information content (AvgIpc) is 2.59. The Labute approximate surface area is 130 Å². The van der Waals surface area contributed by atoms with E-state index >= 15 is 0 Å². The number of nitrogens with one attached hydrogen (secondary N) is 1. The van der Waals surface area contributed by atoms with E-state index in [1.807, 2.05) is 11.3 Å². The van der Waals surface area contributed by atoms with Gasteiger partial charge in [-0.25, -0.2) is 0 Å². The van der Waals surface area contributed by atoms with Crippen LogP contribution in [0.5, 0.6) is 0 Å². The third-order valence-corrected chi connectivity index (χ3v) is 5.87. The highest BCUT2D eigenvalue weighted by Crippen LogP contribution is 2.46. The van der Waals surface area contributed by atoms with Crippen molar-refractivity contribution in [2.24, 2.45) is 10.8 Å². The fourth-order valence-electron chi connectivity index (χ4n) is 3.96. The number of hydrogen-bond donors (Lipinski definition) is 1. The molecule has 1 aromatic rings. The van der Waals surface area contributed by atoms with Crippen molar-refractivity contribution in [3.63, 3.8) is 0 Å². The first-order valence-electron chi connectivity index (χ1n) is 7.18. The van der Waals surface area contributed by atoms with Gasteiger partial charge in [-0.3, -0.25) is 0 Å². The van der Waals surface area contributed by atoms with Gasteiger partial charge in [0.1, 0.15) is 0 Å². The number of halogens is 1. The summed E-state index contributed by atoms with van der Waals surface area (Å²) in [5.74, 6) is 0. The Bertz CT molecular complexity index is 420. The minimum Gasteiger partial charge on any atom is -0.307 e. The summed E-state index contributed by atoms with van der Waals surface area (Å²) in [5.41, 5.74) is 0.907. The lowest BCUT2D eigenvalue weighted by molar-refractivity contribution is 0.0813. The molecule has 0 spiro atoms. The molecule has 1 unspecified atom stereocenters. The molecular formula is C16H26BrNS. The summed E-state index contributed by atoms with van der Waals surface area (Å²) >= 11 is 5.39. The third-order valence-electron chi connectivity index (χ3n) is 4.06. The summed E-state index contributed by atoms with van der Waals surface area (Å²) in [6, 6.07) is 5.46. The molecule has 1 N–H and O–H groups in total. The second kappa shape index (κ2) is 5.50. The molecule has 1 atom stereocenters. The van der Waals surface area contributed by atoms with Gasteiger partial charge in [-0.2, -0.15) is 0 Å². The Balaban J connectivity index is 2.02. The standard InChI is InChI=1S/C16H26BrNS/c1-11(13-6-7-14(17)19-13)18-12-8-15(2,3)10-16(4,5)9-12/h6-7,11-12,18H,8-10H2,1-5H3. The van der Waals surface area contributed by atoms with Gasteiger partial charge in [0.05, 0.1) is 3.79 Å². The molecule has 0 radical (unpaired) electrons. The minimum atomic E-state index is 0.450. The van der Waals surface area contributed by atoms with Crippen LogP contribution in [0.1, 0.15) is 64.8 Å². The van der Waals surface area contributed by atoms with Gasteiger partial charge in [0, 0.05) is 17.0 Å². The topological polar surface area (TPSA) is 12.0 Å².